The van der Waals surface area contributed by atoms with E-state index in [-0.39, 0.29) is 18.3 Å². The molecule has 0 rings (SSSR count). The van der Waals surface area contributed by atoms with Crippen molar-refractivity contribution in [2.24, 2.45) is 5.92 Å². The molecule has 1 unspecified atom stereocenters. The molecule has 1 atom stereocenters. The molecule has 62 valence electrons. The van der Waals surface area contributed by atoms with Gasteiger partial charge in [-0.3, -0.25) is 4.79 Å². The van der Waals surface area contributed by atoms with Crippen LogP contribution < -0.4 is 0 Å². The highest BCUT2D eigenvalue weighted by atomic mass is 127. The quantitative estimate of drug-likeness (QED) is 0.633. The van der Waals surface area contributed by atoms with Crippen LogP contribution in [-0.2, 0) is 4.79 Å². The average molecular weight is 279 g/mol. The molecule has 10 heavy (non-hydrogen) atoms. The zero-order valence-electron chi connectivity index (χ0n) is 5.84. The Labute approximate surface area is 80.9 Å². The Morgan fingerprint density at radius 1 is 1.70 bits per heavy atom. The molecule has 0 aliphatic rings. The van der Waals surface area contributed by atoms with E-state index in [4.69, 9.17) is 5.11 Å². The van der Waals surface area contributed by atoms with E-state index in [1.165, 1.54) is 0 Å². The van der Waals surface area contributed by atoms with Gasteiger partial charge in [0.2, 0.25) is 0 Å². The number of rotatable bonds is 4. The molecular weight excluding hydrogens is 266 g/mol. The van der Waals surface area contributed by atoms with E-state index in [0.717, 1.165) is 17.3 Å². The van der Waals surface area contributed by atoms with E-state index in [2.05, 4.69) is 22.6 Å². The normalized spacial score (nSPS) is 11.8. The summed E-state index contributed by atoms with van der Waals surface area (Å²) in [5.74, 6) is -0.848. The van der Waals surface area contributed by atoms with E-state index in [0.29, 0.717) is 0 Å². The van der Waals surface area contributed by atoms with Crippen LogP contribution in [-0.4, -0.2) is 15.5 Å². The fourth-order valence-corrected chi connectivity index (χ4v) is 0.947. The third kappa shape index (κ3) is 6.61. The third-order valence-electron chi connectivity index (χ3n) is 1.19. The lowest BCUT2D eigenvalue weighted by Gasteiger charge is -2.01. The van der Waals surface area contributed by atoms with E-state index >= 15 is 0 Å². The summed E-state index contributed by atoms with van der Waals surface area (Å²) in [6, 6.07) is 0. The molecule has 0 aromatic rings. The first-order valence-electron chi connectivity index (χ1n) is 2.97. The van der Waals surface area contributed by atoms with Gasteiger partial charge in [0.05, 0.1) is 5.92 Å². The van der Waals surface area contributed by atoms with Crippen molar-refractivity contribution in [2.45, 2.75) is 19.8 Å². The smallest absolute Gasteiger partial charge is 0.306 e. The Morgan fingerprint density at radius 3 is 2.50 bits per heavy atom. The van der Waals surface area contributed by atoms with Gasteiger partial charge in [0, 0.05) is 0 Å². The lowest BCUT2D eigenvalue weighted by atomic mass is 10.1. The van der Waals surface area contributed by atoms with Gasteiger partial charge in [-0.25, -0.2) is 0 Å². The molecule has 0 heterocycles. The molecule has 0 saturated carbocycles. The Bertz CT molecular complexity index is 97.7. The van der Waals surface area contributed by atoms with Crippen molar-refractivity contribution in [2.75, 3.05) is 4.43 Å². The summed E-state index contributed by atoms with van der Waals surface area (Å²) in [6.45, 7) is 1.74. The number of hydrogen-bond acceptors (Lipinski definition) is 1. The summed E-state index contributed by atoms with van der Waals surface area (Å²) in [6.07, 6.45) is 1.81. The van der Waals surface area contributed by atoms with Crippen LogP contribution in [0.25, 0.3) is 0 Å². The molecule has 4 heteroatoms. The Morgan fingerprint density at radius 2 is 2.20 bits per heavy atom. The predicted molar refractivity (Wildman–Crippen MR) is 52.2 cm³/mol. The zero-order chi connectivity index (χ0) is 7.28. The van der Waals surface area contributed by atoms with Crippen LogP contribution in [0.2, 0.25) is 0 Å². The van der Waals surface area contributed by atoms with Crippen LogP contribution in [0, 0.1) is 5.92 Å². The number of aliphatic carboxylic acids is 1. The van der Waals surface area contributed by atoms with Crippen LogP contribution >= 0.6 is 35.0 Å². The summed E-state index contributed by atoms with van der Waals surface area (Å²) in [4.78, 5) is 10.2. The third-order valence-corrected chi connectivity index (χ3v) is 1.96. The van der Waals surface area contributed by atoms with Crippen molar-refractivity contribution < 1.29 is 9.90 Å². The monoisotopic (exact) mass is 278 g/mol. The molecule has 0 aliphatic heterocycles. The number of carbonyl (C=O) groups is 1. The van der Waals surface area contributed by atoms with Gasteiger partial charge in [-0.2, -0.15) is 0 Å². The van der Waals surface area contributed by atoms with Gasteiger partial charge in [-0.15, -0.1) is 12.4 Å². The van der Waals surface area contributed by atoms with E-state index in [1.807, 2.05) is 0 Å². The summed E-state index contributed by atoms with van der Waals surface area (Å²) in [5, 5.41) is 8.41. The summed E-state index contributed by atoms with van der Waals surface area (Å²) in [7, 11) is 0. The highest BCUT2D eigenvalue weighted by Crippen LogP contribution is 2.06. The van der Waals surface area contributed by atoms with E-state index in [1.54, 1.807) is 6.92 Å². The second-order valence-electron chi connectivity index (χ2n) is 2.07. The van der Waals surface area contributed by atoms with Crippen molar-refractivity contribution in [3.63, 3.8) is 0 Å². The standard InChI is InChI=1S/C6H11IO2.ClH/c1-5(6(8)9)3-2-4-7;/h5H,2-4H2,1H3,(H,8,9);1H. The second kappa shape index (κ2) is 7.60. The molecule has 0 aromatic heterocycles. The van der Waals surface area contributed by atoms with Gasteiger partial charge in [0.1, 0.15) is 0 Å². The average Bonchev–Trinajstić information content (AvgIpc) is 1.82. The van der Waals surface area contributed by atoms with Gasteiger partial charge in [0.15, 0.2) is 0 Å². The van der Waals surface area contributed by atoms with Crippen LogP contribution in [0.1, 0.15) is 19.8 Å². The SMILES string of the molecule is CC(CCCI)C(=O)O.Cl. The maximum absolute atomic E-state index is 10.2. The molecule has 0 radical (unpaired) electrons. The van der Waals surface area contributed by atoms with Crippen molar-refractivity contribution in [1.82, 2.24) is 0 Å². The Kier molecular flexibility index (Phi) is 9.96. The predicted octanol–water partition coefficient (Wildman–Crippen LogP) is 2.34. The lowest BCUT2D eigenvalue weighted by Crippen LogP contribution is -2.08. The molecular formula is C6H12ClIO2. The fraction of sp³-hybridized carbons (Fsp3) is 0.833. The molecule has 0 saturated heterocycles. The molecule has 0 amide bonds. The first kappa shape index (κ1) is 13.1. The molecule has 0 aromatic carbocycles. The number of alkyl halides is 1. The van der Waals surface area contributed by atoms with Gasteiger partial charge < -0.3 is 5.11 Å². The van der Waals surface area contributed by atoms with Gasteiger partial charge in [0.25, 0.3) is 0 Å². The topological polar surface area (TPSA) is 37.3 Å². The van der Waals surface area contributed by atoms with Crippen LogP contribution in [0.4, 0.5) is 0 Å². The van der Waals surface area contributed by atoms with Gasteiger partial charge >= 0.3 is 5.97 Å². The largest absolute Gasteiger partial charge is 0.481 e. The fourth-order valence-electron chi connectivity index (χ4n) is 0.507. The maximum Gasteiger partial charge on any atom is 0.306 e. The van der Waals surface area contributed by atoms with Crippen LogP contribution in [0.5, 0.6) is 0 Å². The maximum atomic E-state index is 10.2. The first-order valence-corrected chi connectivity index (χ1v) is 4.49. The molecule has 0 fully saturated rings. The van der Waals surface area contributed by atoms with Crippen molar-refractivity contribution in [3.05, 3.63) is 0 Å². The van der Waals surface area contributed by atoms with Crippen LogP contribution in [0.15, 0.2) is 0 Å². The first-order chi connectivity index (χ1) is 4.18. The summed E-state index contributed by atoms with van der Waals surface area (Å²) in [5.41, 5.74) is 0. The second-order valence-corrected chi connectivity index (χ2v) is 3.15. The highest BCUT2D eigenvalue weighted by Gasteiger charge is 2.08. The van der Waals surface area contributed by atoms with Crippen LogP contribution in [0.3, 0.4) is 0 Å². The number of carboxylic acid groups (broad SMARTS) is 1. The van der Waals surface area contributed by atoms with Crippen molar-refractivity contribution in [3.8, 4) is 0 Å². The minimum atomic E-state index is -0.681. The van der Waals surface area contributed by atoms with Gasteiger partial charge in [-0.05, 0) is 17.3 Å². The summed E-state index contributed by atoms with van der Waals surface area (Å²) >= 11 is 2.25. The number of carboxylic acids is 1. The van der Waals surface area contributed by atoms with Crippen molar-refractivity contribution in [1.29, 1.82) is 0 Å². The Balaban J connectivity index is 0. The molecule has 0 aliphatic carbocycles. The molecule has 0 bridgehead atoms. The van der Waals surface area contributed by atoms with E-state index in [9.17, 15) is 4.79 Å². The lowest BCUT2D eigenvalue weighted by molar-refractivity contribution is -0.141. The molecule has 1 N–H and O–H groups in total. The minimum absolute atomic E-state index is 0. The molecule has 2 nitrogen and oxygen atoms in total. The highest BCUT2D eigenvalue weighted by molar-refractivity contribution is 14.1. The zero-order valence-corrected chi connectivity index (χ0v) is 8.81. The number of halogens is 2. The van der Waals surface area contributed by atoms with E-state index < -0.39 is 5.97 Å². The molecule has 0 spiro atoms. The van der Waals surface area contributed by atoms with Crippen molar-refractivity contribution >= 4 is 41.0 Å². The minimum Gasteiger partial charge on any atom is -0.481 e. The van der Waals surface area contributed by atoms with Gasteiger partial charge in [-0.1, -0.05) is 29.5 Å². The summed E-state index contributed by atoms with van der Waals surface area (Å²) < 4.78 is 1.05. The Hall–Kier alpha value is 0.490. The number of hydrogen-bond donors (Lipinski definition) is 1.